The molecule has 6 aromatic rings. The van der Waals surface area contributed by atoms with Gasteiger partial charge in [0.15, 0.2) is 0 Å². The second kappa shape index (κ2) is 15.1. The van der Waals surface area contributed by atoms with Gasteiger partial charge in [-0.05, 0) is 77.2 Å². The third kappa shape index (κ3) is 7.98. The van der Waals surface area contributed by atoms with Crippen LogP contribution in [0.3, 0.4) is 0 Å². The molecule has 0 aliphatic rings. The smallest absolute Gasteiger partial charge is 0.272 e. The van der Waals surface area contributed by atoms with Crippen molar-refractivity contribution in [2.24, 2.45) is 0 Å². The number of hydrogen-bond acceptors (Lipinski definition) is 4. The fraction of sp³-hybridized carbons (Fsp3) is 0.0263. The lowest BCUT2D eigenvalue weighted by Gasteiger charge is -2.18. The average Bonchev–Trinajstić information content (AvgIpc) is 3.58. The van der Waals surface area contributed by atoms with Crippen LogP contribution in [0.4, 0.5) is 11.4 Å². The molecule has 3 amide bonds. The summed E-state index contributed by atoms with van der Waals surface area (Å²) in [5.74, 6) is -1.24. The van der Waals surface area contributed by atoms with Crippen molar-refractivity contribution in [3.8, 4) is 0 Å². The Bertz CT molecular complexity index is 2130. The standard InChI is InChI=1S/C38H28Cl2N4O3S/c39-31-16-7-13-27(34(31)40)21-33(44-36(45)26-11-5-2-6-12-26)37(46)42-28-14-8-15-30(22-28)48-35(25-9-3-1-4-10-25)38(47)43-29-18-17-24-19-20-41-32(24)23-29/h1-23,35,41H,(H,42,46)(H,43,47)(H,44,45)/b33-21+. The zero-order valence-electron chi connectivity index (χ0n) is 25.2. The number of H-pyrrole nitrogens is 1. The Morgan fingerprint density at radius 2 is 1.46 bits per heavy atom. The molecule has 5 aromatic carbocycles. The second-order valence-corrected chi connectivity index (χ2v) is 12.6. The molecule has 0 radical (unpaired) electrons. The van der Waals surface area contributed by atoms with Gasteiger partial charge in [0.1, 0.15) is 10.9 Å². The van der Waals surface area contributed by atoms with Gasteiger partial charge in [-0.15, -0.1) is 11.8 Å². The van der Waals surface area contributed by atoms with E-state index >= 15 is 0 Å². The van der Waals surface area contributed by atoms with Gasteiger partial charge in [-0.25, -0.2) is 0 Å². The maximum Gasteiger partial charge on any atom is 0.272 e. The molecule has 48 heavy (non-hydrogen) atoms. The Labute approximate surface area is 291 Å². The molecule has 6 rings (SSSR count). The lowest BCUT2D eigenvalue weighted by Crippen LogP contribution is -2.30. The van der Waals surface area contributed by atoms with Crippen molar-refractivity contribution in [2.45, 2.75) is 10.1 Å². The highest BCUT2D eigenvalue weighted by atomic mass is 35.5. The number of amides is 3. The number of nitrogens with one attached hydrogen (secondary N) is 4. The van der Waals surface area contributed by atoms with E-state index in [2.05, 4.69) is 20.9 Å². The van der Waals surface area contributed by atoms with Gasteiger partial charge in [0.05, 0.1) is 10.0 Å². The van der Waals surface area contributed by atoms with Gasteiger partial charge in [0.2, 0.25) is 5.91 Å². The monoisotopic (exact) mass is 690 g/mol. The minimum Gasteiger partial charge on any atom is -0.361 e. The van der Waals surface area contributed by atoms with E-state index in [4.69, 9.17) is 23.2 Å². The van der Waals surface area contributed by atoms with Gasteiger partial charge in [0, 0.05) is 33.5 Å². The topological polar surface area (TPSA) is 103 Å². The van der Waals surface area contributed by atoms with Crippen molar-refractivity contribution in [1.82, 2.24) is 10.3 Å². The van der Waals surface area contributed by atoms with Crippen LogP contribution in [-0.4, -0.2) is 22.7 Å². The van der Waals surface area contributed by atoms with Crippen LogP contribution in [-0.2, 0) is 9.59 Å². The molecule has 0 fully saturated rings. The number of fused-ring (bicyclic) bond motifs is 1. The molecule has 1 heterocycles. The zero-order chi connectivity index (χ0) is 33.5. The summed E-state index contributed by atoms with van der Waals surface area (Å²) in [6, 6.07) is 37.9. The summed E-state index contributed by atoms with van der Waals surface area (Å²) in [6.45, 7) is 0. The van der Waals surface area contributed by atoms with Crippen molar-refractivity contribution >= 4 is 81.0 Å². The lowest BCUT2D eigenvalue weighted by atomic mass is 10.1. The van der Waals surface area contributed by atoms with Crippen molar-refractivity contribution in [3.63, 3.8) is 0 Å². The Kier molecular flexibility index (Phi) is 10.3. The summed E-state index contributed by atoms with van der Waals surface area (Å²) in [6.07, 6.45) is 3.33. The van der Waals surface area contributed by atoms with Gasteiger partial charge in [-0.1, -0.05) is 96.0 Å². The number of anilines is 2. The van der Waals surface area contributed by atoms with Crippen LogP contribution in [0.25, 0.3) is 17.0 Å². The molecule has 0 aliphatic heterocycles. The number of carbonyl (C=O) groups excluding carboxylic acids is 3. The molecule has 0 saturated heterocycles. The average molecular weight is 692 g/mol. The van der Waals surface area contributed by atoms with Gasteiger partial charge >= 0.3 is 0 Å². The summed E-state index contributed by atoms with van der Waals surface area (Å²) >= 11 is 14.0. The van der Waals surface area contributed by atoms with Gasteiger partial charge < -0.3 is 20.9 Å². The summed E-state index contributed by atoms with van der Waals surface area (Å²) in [5.41, 5.74) is 3.69. The minimum absolute atomic E-state index is 0.0355. The summed E-state index contributed by atoms with van der Waals surface area (Å²) in [7, 11) is 0. The fourth-order valence-electron chi connectivity index (χ4n) is 4.95. The number of thioether (sulfide) groups is 1. The molecule has 10 heteroatoms. The second-order valence-electron chi connectivity index (χ2n) is 10.7. The molecule has 0 bridgehead atoms. The van der Waals surface area contributed by atoms with Crippen LogP contribution in [0.15, 0.2) is 144 Å². The van der Waals surface area contributed by atoms with E-state index in [1.54, 1.807) is 66.7 Å². The van der Waals surface area contributed by atoms with E-state index in [0.717, 1.165) is 21.4 Å². The highest BCUT2D eigenvalue weighted by Gasteiger charge is 2.23. The maximum atomic E-state index is 13.7. The summed E-state index contributed by atoms with van der Waals surface area (Å²) in [4.78, 5) is 44.4. The van der Waals surface area contributed by atoms with Gasteiger partial charge in [-0.2, -0.15) is 0 Å². The molecular weight excluding hydrogens is 663 g/mol. The number of rotatable bonds is 10. The van der Waals surface area contributed by atoms with Crippen LogP contribution >= 0.6 is 35.0 Å². The van der Waals surface area contributed by atoms with Crippen LogP contribution in [0.1, 0.15) is 26.7 Å². The van der Waals surface area contributed by atoms with Gasteiger partial charge in [0.25, 0.3) is 11.8 Å². The summed E-state index contributed by atoms with van der Waals surface area (Å²) in [5, 5.41) is 9.65. The number of aromatic nitrogens is 1. The van der Waals surface area contributed by atoms with E-state index in [1.165, 1.54) is 17.8 Å². The van der Waals surface area contributed by atoms with Gasteiger partial charge in [-0.3, -0.25) is 14.4 Å². The molecule has 0 saturated carbocycles. The molecule has 238 valence electrons. The molecule has 1 aromatic heterocycles. The SMILES string of the molecule is O=C(Nc1cccc(SC(C(=O)Nc2ccc3cc[nH]c3c2)c2ccccc2)c1)/C(=C\c1cccc(Cl)c1Cl)NC(=O)c1ccccc1. The predicted octanol–water partition coefficient (Wildman–Crippen LogP) is 9.36. The normalized spacial score (nSPS) is 11.9. The Hall–Kier alpha value is -5.28. The first-order chi connectivity index (χ1) is 23.3. The number of hydrogen-bond donors (Lipinski definition) is 4. The Morgan fingerprint density at radius 3 is 2.25 bits per heavy atom. The third-order valence-electron chi connectivity index (χ3n) is 7.32. The molecule has 1 atom stereocenters. The molecule has 7 nitrogen and oxygen atoms in total. The Balaban J connectivity index is 1.24. The van der Waals surface area contributed by atoms with Crippen LogP contribution in [0.2, 0.25) is 10.0 Å². The van der Waals surface area contributed by atoms with Crippen LogP contribution in [0.5, 0.6) is 0 Å². The quantitative estimate of drug-likeness (QED) is 0.0849. The molecular formula is C38H28Cl2N4O3S. The number of carbonyl (C=O) groups is 3. The van der Waals surface area contributed by atoms with E-state index in [0.29, 0.717) is 27.5 Å². The van der Waals surface area contributed by atoms with Crippen LogP contribution in [0, 0.1) is 0 Å². The van der Waals surface area contributed by atoms with E-state index in [9.17, 15) is 14.4 Å². The van der Waals surface area contributed by atoms with Crippen molar-refractivity contribution < 1.29 is 14.4 Å². The highest BCUT2D eigenvalue weighted by Crippen LogP contribution is 2.37. The number of aromatic amines is 1. The zero-order valence-corrected chi connectivity index (χ0v) is 27.6. The van der Waals surface area contributed by atoms with Crippen molar-refractivity contribution in [3.05, 3.63) is 166 Å². The first-order valence-electron chi connectivity index (χ1n) is 14.9. The minimum atomic E-state index is -0.595. The third-order valence-corrected chi connectivity index (χ3v) is 9.40. The largest absolute Gasteiger partial charge is 0.361 e. The number of benzene rings is 5. The predicted molar refractivity (Wildman–Crippen MR) is 195 cm³/mol. The summed E-state index contributed by atoms with van der Waals surface area (Å²) < 4.78 is 0. The van der Waals surface area contributed by atoms with Crippen LogP contribution < -0.4 is 16.0 Å². The van der Waals surface area contributed by atoms with E-state index < -0.39 is 17.1 Å². The van der Waals surface area contributed by atoms with E-state index in [-0.39, 0.29) is 16.6 Å². The lowest BCUT2D eigenvalue weighted by molar-refractivity contribution is -0.116. The first-order valence-corrected chi connectivity index (χ1v) is 16.5. The molecule has 0 aliphatic carbocycles. The van der Waals surface area contributed by atoms with Crippen molar-refractivity contribution in [2.75, 3.05) is 10.6 Å². The molecule has 1 unspecified atom stereocenters. The van der Waals surface area contributed by atoms with Crippen molar-refractivity contribution in [1.29, 1.82) is 0 Å². The Morgan fingerprint density at radius 1 is 0.729 bits per heavy atom. The maximum absolute atomic E-state index is 13.7. The van der Waals surface area contributed by atoms with E-state index in [1.807, 2.05) is 66.9 Å². The molecule has 4 N–H and O–H groups in total. The first kappa shape index (κ1) is 32.7. The highest BCUT2D eigenvalue weighted by molar-refractivity contribution is 8.00. The molecule has 0 spiro atoms. The fourth-order valence-corrected chi connectivity index (χ4v) is 6.39. The number of halogens is 2.